The highest BCUT2D eigenvalue weighted by Gasteiger charge is 2.11. The zero-order chi connectivity index (χ0) is 15.2. The van der Waals surface area contributed by atoms with Crippen LogP contribution in [0.5, 0.6) is 5.75 Å². The number of rotatable bonds is 5. The van der Waals surface area contributed by atoms with Crippen LogP contribution in [0.15, 0.2) is 35.0 Å². The lowest BCUT2D eigenvalue weighted by Crippen LogP contribution is -2.20. The van der Waals surface area contributed by atoms with Crippen LogP contribution in [0.2, 0.25) is 5.02 Å². The Bertz CT molecular complexity index is 642. The molecule has 1 heterocycles. The number of ether oxygens (including phenoxy) is 2. The van der Waals surface area contributed by atoms with Gasteiger partial charge in [-0.15, -0.1) is 0 Å². The molecule has 0 aliphatic heterocycles. The molecule has 110 valence electrons. The molecule has 21 heavy (non-hydrogen) atoms. The molecule has 1 aromatic carbocycles. The van der Waals surface area contributed by atoms with Crippen LogP contribution in [0.4, 0.5) is 5.69 Å². The third-order valence-corrected chi connectivity index (χ3v) is 3.51. The highest BCUT2D eigenvalue weighted by Crippen LogP contribution is 2.27. The molecule has 5 nitrogen and oxygen atoms in total. The Morgan fingerprint density at radius 2 is 2.14 bits per heavy atom. The van der Waals surface area contributed by atoms with Crippen LogP contribution in [-0.2, 0) is 9.53 Å². The van der Waals surface area contributed by atoms with Gasteiger partial charge in [0.05, 0.1) is 17.7 Å². The summed E-state index contributed by atoms with van der Waals surface area (Å²) in [5.74, 6) is -0.461. The molecular formula is C14H12ClNO4S. The van der Waals surface area contributed by atoms with E-state index in [0.717, 1.165) is 0 Å². The van der Waals surface area contributed by atoms with Gasteiger partial charge in [0.1, 0.15) is 5.75 Å². The first-order valence-electron chi connectivity index (χ1n) is 5.93. The number of halogens is 1. The maximum atomic E-state index is 11.7. The van der Waals surface area contributed by atoms with Crippen LogP contribution in [0, 0.1) is 0 Å². The van der Waals surface area contributed by atoms with Gasteiger partial charge in [-0.1, -0.05) is 11.6 Å². The number of thiophene rings is 1. The Morgan fingerprint density at radius 1 is 1.33 bits per heavy atom. The second-order valence-electron chi connectivity index (χ2n) is 3.99. The Morgan fingerprint density at radius 3 is 2.76 bits per heavy atom. The molecular weight excluding hydrogens is 314 g/mol. The van der Waals surface area contributed by atoms with Crippen molar-refractivity contribution in [3.63, 3.8) is 0 Å². The summed E-state index contributed by atoms with van der Waals surface area (Å²) in [5.41, 5.74) is 0.928. The first-order chi connectivity index (χ1) is 10.1. The van der Waals surface area contributed by atoms with Gasteiger partial charge < -0.3 is 14.8 Å². The molecule has 0 fully saturated rings. The van der Waals surface area contributed by atoms with Crippen LogP contribution in [0.1, 0.15) is 10.4 Å². The van der Waals surface area contributed by atoms with Crippen molar-refractivity contribution in [1.29, 1.82) is 0 Å². The molecule has 0 aliphatic rings. The topological polar surface area (TPSA) is 64.6 Å². The molecule has 0 radical (unpaired) electrons. The maximum Gasteiger partial charge on any atom is 0.339 e. The minimum atomic E-state index is -0.529. The fourth-order valence-electron chi connectivity index (χ4n) is 1.54. The zero-order valence-electron chi connectivity index (χ0n) is 11.1. The van der Waals surface area contributed by atoms with E-state index in [1.54, 1.807) is 35.0 Å². The van der Waals surface area contributed by atoms with Crippen molar-refractivity contribution in [3.05, 3.63) is 45.6 Å². The third kappa shape index (κ3) is 4.21. The second-order valence-corrected chi connectivity index (χ2v) is 5.17. The maximum absolute atomic E-state index is 11.7. The summed E-state index contributed by atoms with van der Waals surface area (Å²) < 4.78 is 9.91. The van der Waals surface area contributed by atoms with Crippen molar-refractivity contribution in [2.24, 2.45) is 0 Å². The number of amides is 1. The van der Waals surface area contributed by atoms with Crippen LogP contribution < -0.4 is 10.1 Å². The highest BCUT2D eigenvalue weighted by atomic mass is 35.5. The number of benzene rings is 1. The average molecular weight is 326 g/mol. The molecule has 1 amide bonds. The lowest BCUT2D eigenvalue weighted by Gasteiger charge is -2.08. The number of anilines is 1. The summed E-state index contributed by atoms with van der Waals surface area (Å²) in [7, 11) is 1.50. The molecule has 0 aliphatic carbocycles. The molecule has 0 bridgehead atoms. The highest BCUT2D eigenvalue weighted by molar-refractivity contribution is 7.08. The number of nitrogens with one attached hydrogen (secondary N) is 1. The van der Waals surface area contributed by atoms with Gasteiger partial charge in [-0.2, -0.15) is 11.3 Å². The van der Waals surface area contributed by atoms with Gasteiger partial charge in [-0.05, 0) is 29.6 Å². The van der Waals surface area contributed by atoms with E-state index in [0.29, 0.717) is 22.0 Å². The Balaban J connectivity index is 1.87. The molecule has 0 atom stereocenters. The van der Waals surface area contributed by atoms with Crippen LogP contribution in [0.25, 0.3) is 0 Å². The van der Waals surface area contributed by atoms with Gasteiger partial charge in [0.15, 0.2) is 6.61 Å². The molecule has 0 saturated carbocycles. The van der Waals surface area contributed by atoms with E-state index in [1.165, 1.54) is 18.4 Å². The zero-order valence-corrected chi connectivity index (χ0v) is 12.7. The standard InChI is InChI=1S/C14H12ClNO4S/c1-19-12-3-2-10(6-11(12)15)16-13(17)7-20-14(18)9-4-5-21-8-9/h2-6,8H,7H2,1H3,(H,16,17). The van der Waals surface area contributed by atoms with Gasteiger partial charge in [0.25, 0.3) is 5.91 Å². The van der Waals surface area contributed by atoms with Crippen LogP contribution in [-0.4, -0.2) is 25.6 Å². The van der Waals surface area contributed by atoms with Crippen molar-refractivity contribution >= 4 is 40.5 Å². The lowest BCUT2D eigenvalue weighted by molar-refractivity contribution is -0.119. The molecule has 0 spiro atoms. The van der Waals surface area contributed by atoms with Gasteiger partial charge in [0, 0.05) is 11.1 Å². The van der Waals surface area contributed by atoms with Gasteiger partial charge in [-0.25, -0.2) is 4.79 Å². The number of carbonyl (C=O) groups is 2. The van der Waals surface area contributed by atoms with E-state index in [-0.39, 0.29) is 6.61 Å². The predicted molar refractivity (Wildman–Crippen MR) is 81.2 cm³/mol. The first kappa shape index (κ1) is 15.3. The molecule has 2 aromatic rings. The van der Waals surface area contributed by atoms with Crippen molar-refractivity contribution < 1.29 is 19.1 Å². The molecule has 0 unspecified atom stereocenters. The van der Waals surface area contributed by atoms with Crippen molar-refractivity contribution in [2.75, 3.05) is 19.0 Å². The minimum Gasteiger partial charge on any atom is -0.495 e. The number of methoxy groups -OCH3 is 1. The summed E-state index contributed by atoms with van der Waals surface area (Å²) in [6.07, 6.45) is 0. The monoisotopic (exact) mass is 325 g/mol. The third-order valence-electron chi connectivity index (χ3n) is 2.53. The fraction of sp³-hybridized carbons (Fsp3) is 0.143. The van der Waals surface area contributed by atoms with Crippen molar-refractivity contribution in [1.82, 2.24) is 0 Å². The molecule has 0 saturated heterocycles. The molecule has 1 N–H and O–H groups in total. The number of hydrogen-bond donors (Lipinski definition) is 1. The summed E-state index contributed by atoms with van der Waals surface area (Å²) in [4.78, 5) is 23.3. The fourth-order valence-corrected chi connectivity index (χ4v) is 2.42. The van der Waals surface area contributed by atoms with E-state index in [9.17, 15) is 9.59 Å². The van der Waals surface area contributed by atoms with Gasteiger partial charge in [0.2, 0.25) is 0 Å². The summed E-state index contributed by atoms with van der Waals surface area (Å²) in [6, 6.07) is 6.46. The first-order valence-corrected chi connectivity index (χ1v) is 7.25. The largest absolute Gasteiger partial charge is 0.495 e. The molecule has 1 aromatic heterocycles. The van der Waals surface area contributed by atoms with Crippen LogP contribution >= 0.6 is 22.9 Å². The number of hydrogen-bond acceptors (Lipinski definition) is 5. The lowest BCUT2D eigenvalue weighted by atomic mass is 10.3. The normalized spacial score (nSPS) is 10.0. The van der Waals surface area contributed by atoms with E-state index in [2.05, 4.69) is 5.32 Å². The Hall–Kier alpha value is -2.05. The average Bonchev–Trinajstić information content (AvgIpc) is 2.99. The second kappa shape index (κ2) is 7.10. The molecule has 2 rings (SSSR count). The van der Waals surface area contributed by atoms with Gasteiger partial charge in [-0.3, -0.25) is 4.79 Å². The summed E-state index contributed by atoms with van der Waals surface area (Å²) in [5, 5.41) is 6.38. The van der Waals surface area contributed by atoms with Crippen molar-refractivity contribution in [3.8, 4) is 5.75 Å². The van der Waals surface area contributed by atoms with E-state index in [1.807, 2.05) is 0 Å². The SMILES string of the molecule is COc1ccc(NC(=O)COC(=O)c2ccsc2)cc1Cl. The Labute approximate surface area is 130 Å². The number of esters is 1. The van der Waals surface area contributed by atoms with E-state index >= 15 is 0 Å². The van der Waals surface area contributed by atoms with Crippen LogP contribution in [0.3, 0.4) is 0 Å². The molecule has 7 heteroatoms. The predicted octanol–water partition coefficient (Wildman–Crippen LogP) is 3.21. The van der Waals surface area contributed by atoms with Gasteiger partial charge >= 0.3 is 5.97 Å². The quantitative estimate of drug-likeness (QED) is 0.857. The Kier molecular flexibility index (Phi) is 5.19. The van der Waals surface area contributed by atoms with E-state index in [4.69, 9.17) is 21.1 Å². The smallest absolute Gasteiger partial charge is 0.339 e. The minimum absolute atomic E-state index is 0.363. The summed E-state index contributed by atoms with van der Waals surface area (Å²) in [6.45, 7) is -0.363. The van der Waals surface area contributed by atoms with Crippen molar-refractivity contribution in [2.45, 2.75) is 0 Å². The number of carbonyl (C=O) groups excluding carboxylic acids is 2. The van der Waals surface area contributed by atoms with E-state index < -0.39 is 11.9 Å². The summed E-state index contributed by atoms with van der Waals surface area (Å²) >= 11 is 7.33.